The summed E-state index contributed by atoms with van der Waals surface area (Å²) >= 11 is 0. The monoisotopic (exact) mass is 225 g/mol. The zero-order valence-corrected chi connectivity index (χ0v) is 11.2. The van der Waals surface area contributed by atoms with Crippen molar-refractivity contribution in [2.75, 3.05) is 14.1 Å². The first-order valence-corrected chi connectivity index (χ1v) is 6.79. The van der Waals surface area contributed by atoms with E-state index in [1.165, 1.54) is 37.5 Å². The fraction of sp³-hybridized carbons (Fsp3) is 0.929. The van der Waals surface area contributed by atoms with Crippen LogP contribution in [0.25, 0.3) is 0 Å². The van der Waals surface area contributed by atoms with Crippen LogP contribution in [0.15, 0.2) is 0 Å². The zero-order chi connectivity index (χ0) is 12.0. The van der Waals surface area contributed by atoms with Gasteiger partial charge in [0.1, 0.15) is 0 Å². The Hall–Kier alpha value is -0.530. The number of hydrogen-bond donors (Lipinski definition) is 0. The van der Waals surface area contributed by atoms with Crippen molar-refractivity contribution in [1.82, 2.24) is 4.90 Å². The topological polar surface area (TPSA) is 20.3 Å². The molecule has 16 heavy (non-hydrogen) atoms. The third kappa shape index (κ3) is 4.54. The SMILES string of the molecule is C1CCC2CCCCC2C1.CC(=O)N(C)C. The van der Waals surface area contributed by atoms with Crippen molar-refractivity contribution in [3.63, 3.8) is 0 Å². The lowest BCUT2D eigenvalue weighted by molar-refractivity contribution is -0.126. The minimum absolute atomic E-state index is 0.0926. The van der Waals surface area contributed by atoms with Crippen molar-refractivity contribution in [3.05, 3.63) is 0 Å². The van der Waals surface area contributed by atoms with Crippen LogP contribution in [0.4, 0.5) is 0 Å². The lowest BCUT2D eigenvalue weighted by atomic mass is 9.71. The molecular weight excluding hydrogens is 198 g/mol. The van der Waals surface area contributed by atoms with Crippen LogP contribution < -0.4 is 0 Å². The van der Waals surface area contributed by atoms with E-state index in [9.17, 15) is 4.79 Å². The van der Waals surface area contributed by atoms with E-state index in [-0.39, 0.29) is 5.91 Å². The lowest BCUT2D eigenvalue weighted by Crippen LogP contribution is -2.22. The van der Waals surface area contributed by atoms with E-state index < -0.39 is 0 Å². The fourth-order valence-corrected chi connectivity index (χ4v) is 2.86. The fourth-order valence-electron chi connectivity index (χ4n) is 2.86. The molecule has 2 rings (SSSR count). The molecule has 0 atom stereocenters. The van der Waals surface area contributed by atoms with Gasteiger partial charge in [0.2, 0.25) is 5.91 Å². The normalized spacial score (nSPS) is 28.4. The lowest BCUT2D eigenvalue weighted by Gasteiger charge is -2.35. The van der Waals surface area contributed by atoms with E-state index in [0.29, 0.717) is 0 Å². The Kier molecular flexibility index (Phi) is 5.86. The third-order valence-electron chi connectivity index (χ3n) is 4.10. The van der Waals surface area contributed by atoms with Crippen molar-refractivity contribution in [2.24, 2.45) is 11.8 Å². The van der Waals surface area contributed by atoms with Gasteiger partial charge in [-0.1, -0.05) is 51.4 Å². The van der Waals surface area contributed by atoms with Crippen LogP contribution in [0.2, 0.25) is 0 Å². The van der Waals surface area contributed by atoms with Crippen LogP contribution in [0, 0.1) is 11.8 Å². The number of carbonyl (C=O) groups excluding carboxylic acids is 1. The maximum Gasteiger partial charge on any atom is 0.218 e. The van der Waals surface area contributed by atoms with Crippen LogP contribution in [-0.2, 0) is 4.79 Å². The summed E-state index contributed by atoms with van der Waals surface area (Å²) in [6.07, 6.45) is 12.4. The Morgan fingerprint density at radius 2 is 1.12 bits per heavy atom. The summed E-state index contributed by atoms with van der Waals surface area (Å²) < 4.78 is 0. The van der Waals surface area contributed by atoms with Crippen LogP contribution in [0.1, 0.15) is 58.3 Å². The predicted molar refractivity (Wildman–Crippen MR) is 68.3 cm³/mol. The summed E-state index contributed by atoms with van der Waals surface area (Å²) in [5, 5.41) is 0. The molecule has 0 heterocycles. The Balaban J connectivity index is 0.000000187. The van der Waals surface area contributed by atoms with Gasteiger partial charge in [-0.3, -0.25) is 4.79 Å². The molecule has 0 N–H and O–H groups in total. The average molecular weight is 225 g/mol. The van der Waals surface area contributed by atoms with Gasteiger partial charge in [0.05, 0.1) is 0 Å². The Bertz CT molecular complexity index is 187. The Labute approximate surface area is 100 Å². The molecule has 2 fully saturated rings. The van der Waals surface area contributed by atoms with Crippen LogP contribution in [0.5, 0.6) is 0 Å². The zero-order valence-electron chi connectivity index (χ0n) is 11.2. The molecule has 0 unspecified atom stereocenters. The second-order valence-corrected chi connectivity index (χ2v) is 5.50. The minimum atomic E-state index is 0.0926. The summed E-state index contributed by atoms with van der Waals surface area (Å²) in [7, 11) is 3.45. The summed E-state index contributed by atoms with van der Waals surface area (Å²) in [4.78, 5) is 11.6. The molecule has 2 aliphatic rings. The first-order chi connectivity index (χ1) is 7.61. The number of amides is 1. The summed E-state index contributed by atoms with van der Waals surface area (Å²) in [6, 6.07) is 0. The van der Waals surface area contributed by atoms with Gasteiger partial charge in [0.15, 0.2) is 0 Å². The molecule has 2 nitrogen and oxygen atoms in total. The number of fused-ring (bicyclic) bond motifs is 1. The molecule has 0 spiro atoms. The Morgan fingerprint density at radius 3 is 1.31 bits per heavy atom. The molecule has 2 saturated carbocycles. The third-order valence-corrected chi connectivity index (χ3v) is 4.10. The largest absolute Gasteiger partial charge is 0.349 e. The van der Waals surface area contributed by atoms with Gasteiger partial charge in [-0.15, -0.1) is 0 Å². The highest BCUT2D eigenvalue weighted by Crippen LogP contribution is 2.39. The highest BCUT2D eigenvalue weighted by molar-refractivity contribution is 5.72. The highest BCUT2D eigenvalue weighted by Gasteiger charge is 2.26. The van der Waals surface area contributed by atoms with E-state index >= 15 is 0 Å². The molecule has 1 amide bonds. The molecule has 0 radical (unpaired) electrons. The van der Waals surface area contributed by atoms with Crippen LogP contribution >= 0.6 is 0 Å². The van der Waals surface area contributed by atoms with Gasteiger partial charge in [0, 0.05) is 21.0 Å². The molecule has 0 aromatic heterocycles. The van der Waals surface area contributed by atoms with Crippen LogP contribution in [-0.4, -0.2) is 24.9 Å². The quantitative estimate of drug-likeness (QED) is 0.618. The first-order valence-electron chi connectivity index (χ1n) is 6.79. The smallest absolute Gasteiger partial charge is 0.218 e. The first kappa shape index (κ1) is 13.5. The van der Waals surface area contributed by atoms with Gasteiger partial charge in [-0.05, 0) is 11.8 Å². The van der Waals surface area contributed by atoms with E-state index in [4.69, 9.17) is 0 Å². The van der Waals surface area contributed by atoms with Crippen molar-refractivity contribution in [1.29, 1.82) is 0 Å². The van der Waals surface area contributed by atoms with E-state index in [2.05, 4.69) is 0 Å². The second kappa shape index (κ2) is 6.93. The Morgan fingerprint density at radius 1 is 0.875 bits per heavy atom. The summed E-state index contributed by atoms with van der Waals surface area (Å²) in [5.41, 5.74) is 0. The molecule has 0 aromatic rings. The number of rotatable bonds is 0. The van der Waals surface area contributed by atoms with Gasteiger partial charge >= 0.3 is 0 Å². The van der Waals surface area contributed by atoms with Gasteiger partial charge < -0.3 is 4.90 Å². The molecule has 0 aliphatic heterocycles. The molecule has 0 aromatic carbocycles. The van der Waals surface area contributed by atoms with E-state index in [0.717, 1.165) is 11.8 Å². The number of carbonyl (C=O) groups is 1. The number of nitrogens with zero attached hydrogens (tertiary/aromatic N) is 1. The second-order valence-electron chi connectivity index (χ2n) is 5.50. The molecule has 2 aliphatic carbocycles. The molecule has 2 heteroatoms. The van der Waals surface area contributed by atoms with E-state index in [1.807, 2.05) is 0 Å². The standard InChI is InChI=1S/C10H18.C4H9NO/c1-2-6-10-8-4-3-7-9(10)5-1;1-4(6)5(2)3/h9-10H,1-8H2;1-3H3. The van der Waals surface area contributed by atoms with Crippen LogP contribution in [0.3, 0.4) is 0 Å². The van der Waals surface area contributed by atoms with Crippen molar-refractivity contribution in [2.45, 2.75) is 58.3 Å². The maximum atomic E-state index is 10.1. The number of hydrogen-bond acceptors (Lipinski definition) is 1. The van der Waals surface area contributed by atoms with Crippen molar-refractivity contribution in [3.8, 4) is 0 Å². The van der Waals surface area contributed by atoms with Gasteiger partial charge in [0.25, 0.3) is 0 Å². The molecule has 94 valence electrons. The molecular formula is C14H27NO. The highest BCUT2D eigenvalue weighted by atomic mass is 16.2. The van der Waals surface area contributed by atoms with Gasteiger partial charge in [-0.25, -0.2) is 0 Å². The van der Waals surface area contributed by atoms with Gasteiger partial charge in [-0.2, -0.15) is 0 Å². The molecule has 0 bridgehead atoms. The molecule has 0 saturated heterocycles. The summed E-state index contributed by atoms with van der Waals surface area (Å²) in [5.74, 6) is 2.40. The maximum absolute atomic E-state index is 10.1. The minimum Gasteiger partial charge on any atom is -0.349 e. The summed E-state index contributed by atoms with van der Waals surface area (Å²) in [6.45, 7) is 1.53. The average Bonchev–Trinajstić information content (AvgIpc) is 2.30. The van der Waals surface area contributed by atoms with Crippen molar-refractivity contribution < 1.29 is 4.79 Å². The van der Waals surface area contributed by atoms with Crippen molar-refractivity contribution >= 4 is 5.91 Å². The van der Waals surface area contributed by atoms with E-state index in [1.54, 1.807) is 39.8 Å². The predicted octanol–water partition coefficient (Wildman–Crippen LogP) is 3.46.